The van der Waals surface area contributed by atoms with Crippen LogP contribution in [0.4, 0.5) is 17.1 Å². The molecule has 0 aliphatic heterocycles. The number of anilines is 3. The van der Waals surface area contributed by atoms with Crippen LogP contribution >= 0.6 is 0 Å². The Morgan fingerprint density at radius 2 is 1.00 bits per heavy atom. The van der Waals surface area contributed by atoms with E-state index in [0.717, 1.165) is 55.5 Å². The minimum Gasteiger partial charge on any atom is -0.455 e. The number of rotatable bonds is 5. The van der Waals surface area contributed by atoms with E-state index in [2.05, 4.69) is 179 Å². The Bertz CT molecular complexity index is 2810. The van der Waals surface area contributed by atoms with Crippen molar-refractivity contribution in [1.29, 1.82) is 0 Å². The smallest absolute Gasteiger partial charge is 0.143 e. The van der Waals surface area contributed by atoms with Crippen LogP contribution in [0.2, 0.25) is 0 Å². The summed E-state index contributed by atoms with van der Waals surface area (Å²) < 4.78 is 8.87. The minimum absolute atomic E-state index is 0.906. The fraction of sp³-hybridized carbons (Fsp3) is 0. The summed E-state index contributed by atoms with van der Waals surface area (Å²) >= 11 is 0. The maximum Gasteiger partial charge on any atom is 0.143 e. The van der Waals surface area contributed by atoms with Crippen molar-refractivity contribution < 1.29 is 4.42 Å². The second-order valence-electron chi connectivity index (χ2n) is 12.6. The summed E-state index contributed by atoms with van der Waals surface area (Å²) in [5.41, 5.74) is 11.0. The summed E-state index contributed by atoms with van der Waals surface area (Å²) in [5.74, 6) is 0. The summed E-state index contributed by atoms with van der Waals surface area (Å²) in [5, 5.41) is 6.94. The second-order valence-corrected chi connectivity index (χ2v) is 12.6. The molecule has 2 aromatic heterocycles. The highest BCUT2D eigenvalue weighted by atomic mass is 16.3. The summed E-state index contributed by atoms with van der Waals surface area (Å²) in [6.07, 6.45) is 0. The van der Waals surface area contributed by atoms with Gasteiger partial charge >= 0.3 is 0 Å². The Morgan fingerprint density at radius 3 is 1.84 bits per heavy atom. The zero-order valence-electron chi connectivity index (χ0n) is 26.6. The van der Waals surface area contributed by atoms with Gasteiger partial charge in [-0.2, -0.15) is 0 Å². The first-order valence-corrected chi connectivity index (χ1v) is 16.7. The molecular weight excluding hydrogens is 597 g/mol. The molecule has 49 heavy (non-hydrogen) atoms. The topological polar surface area (TPSA) is 21.3 Å². The second kappa shape index (κ2) is 11.0. The van der Waals surface area contributed by atoms with Crippen molar-refractivity contribution in [2.45, 2.75) is 0 Å². The van der Waals surface area contributed by atoms with Crippen molar-refractivity contribution in [2.24, 2.45) is 0 Å². The Morgan fingerprint density at radius 1 is 0.388 bits per heavy atom. The van der Waals surface area contributed by atoms with E-state index in [4.69, 9.17) is 4.42 Å². The molecule has 0 saturated heterocycles. The highest BCUT2D eigenvalue weighted by molar-refractivity contribution is 6.18. The third-order valence-electron chi connectivity index (χ3n) is 9.78. The molecule has 0 N–H and O–H groups in total. The maximum absolute atomic E-state index is 6.51. The number of furan rings is 1. The number of benzene rings is 8. The summed E-state index contributed by atoms with van der Waals surface area (Å²) in [6.45, 7) is 0. The van der Waals surface area contributed by atoms with Crippen LogP contribution in [0.3, 0.4) is 0 Å². The fourth-order valence-corrected chi connectivity index (χ4v) is 7.53. The van der Waals surface area contributed by atoms with E-state index >= 15 is 0 Å². The Kier molecular flexibility index (Phi) is 6.18. The first-order chi connectivity index (χ1) is 24.3. The van der Waals surface area contributed by atoms with Crippen LogP contribution in [0.5, 0.6) is 0 Å². The zero-order valence-corrected chi connectivity index (χ0v) is 26.6. The first kappa shape index (κ1) is 27.5. The molecule has 3 heteroatoms. The van der Waals surface area contributed by atoms with Gasteiger partial charge < -0.3 is 13.9 Å². The van der Waals surface area contributed by atoms with Crippen molar-refractivity contribution in [1.82, 2.24) is 4.57 Å². The minimum atomic E-state index is 0.906. The lowest BCUT2D eigenvalue weighted by Gasteiger charge is -2.27. The standard InChI is InChI=1S/C46H30N2O/c1-3-12-31(13-4-1)32-22-24-34(25-23-32)47(42-20-11-18-39-37(42)27-28-40-38-17-8-10-21-45(38)49-46(39)40)35-26-29-44-41(30-35)36-16-7-9-19-43(36)48(44)33-14-5-2-6-15-33/h1-30H. The largest absolute Gasteiger partial charge is 0.455 e. The van der Waals surface area contributed by atoms with E-state index < -0.39 is 0 Å². The fourth-order valence-electron chi connectivity index (χ4n) is 7.53. The Balaban J connectivity index is 1.22. The molecule has 2 heterocycles. The molecule has 0 fully saturated rings. The van der Waals surface area contributed by atoms with E-state index in [9.17, 15) is 0 Å². The predicted octanol–water partition coefficient (Wildman–Crippen LogP) is 13.0. The van der Waals surface area contributed by atoms with Crippen molar-refractivity contribution >= 4 is 71.6 Å². The number of aromatic nitrogens is 1. The van der Waals surface area contributed by atoms with Crippen LogP contribution in [0.25, 0.3) is 71.3 Å². The molecule has 0 spiro atoms. The van der Waals surface area contributed by atoms with Crippen molar-refractivity contribution in [3.05, 3.63) is 182 Å². The van der Waals surface area contributed by atoms with Gasteiger partial charge in [-0.15, -0.1) is 0 Å². The molecule has 10 rings (SSSR count). The van der Waals surface area contributed by atoms with Gasteiger partial charge in [-0.1, -0.05) is 115 Å². The lowest BCUT2D eigenvalue weighted by molar-refractivity contribution is 0.672. The van der Waals surface area contributed by atoms with Crippen molar-refractivity contribution in [2.75, 3.05) is 4.90 Å². The van der Waals surface area contributed by atoms with Crippen LogP contribution < -0.4 is 4.90 Å². The van der Waals surface area contributed by atoms with E-state index in [-0.39, 0.29) is 0 Å². The van der Waals surface area contributed by atoms with Crippen LogP contribution in [0.15, 0.2) is 186 Å². The zero-order chi connectivity index (χ0) is 32.3. The van der Waals surface area contributed by atoms with Crippen molar-refractivity contribution in [3.63, 3.8) is 0 Å². The molecule has 0 atom stereocenters. The number of hydrogen-bond donors (Lipinski definition) is 0. The number of fused-ring (bicyclic) bond motifs is 8. The monoisotopic (exact) mass is 626 g/mol. The first-order valence-electron chi connectivity index (χ1n) is 16.7. The van der Waals surface area contributed by atoms with Gasteiger partial charge in [-0.05, 0) is 77.9 Å². The van der Waals surface area contributed by atoms with Gasteiger partial charge in [0.1, 0.15) is 11.2 Å². The van der Waals surface area contributed by atoms with Crippen LogP contribution in [-0.4, -0.2) is 4.57 Å². The molecule has 10 aromatic rings. The number of para-hydroxylation sites is 3. The van der Waals surface area contributed by atoms with Gasteiger partial charge in [0, 0.05) is 49.4 Å². The van der Waals surface area contributed by atoms with E-state index in [1.807, 2.05) is 12.1 Å². The average Bonchev–Trinajstić information content (AvgIpc) is 3.72. The molecule has 0 saturated carbocycles. The van der Waals surface area contributed by atoms with Crippen LogP contribution in [0.1, 0.15) is 0 Å². The van der Waals surface area contributed by atoms with Gasteiger partial charge in [0.2, 0.25) is 0 Å². The van der Waals surface area contributed by atoms with E-state index in [1.54, 1.807) is 0 Å². The SMILES string of the molecule is c1ccc(-c2ccc(N(c3ccc4c(c3)c3ccccc3n4-c3ccccc3)c3cccc4c3ccc3c5ccccc5oc43)cc2)cc1. The molecule has 0 aliphatic rings. The molecule has 8 aromatic carbocycles. The number of nitrogens with zero attached hydrogens (tertiary/aromatic N) is 2. The average molecular weight is 627 g/mol. The molecule has 0 aliphatic carbocycles. The molecule has 0 unspecified atom stereocenters. The van der Waals surface area contributed by atoms with E-state index in [1.165, 1.54) is 32.9 Å². The van der Waals surface area contributed by atoms with Gasteiger partial charge in [0.15, 0.2) is 0 Å². The summed E-state index contributed by atoms with van der Waals surface area (Å²) in [4.78, 5) is 2.39. The lowest BCUT2D eigenvalue weighted by Crippen LogP contribution is -2.10. The summed E-state index contributed by atoms with van der Waals surface area (Å²) in [6, 6.07) is 65.0. The third kappa shape index (κ3) is 4.37. The van der Waals surface area contributed by atoms with Gasteiger partial charge in [0.25, 0.3) is 0 Å². The van der Waals surface area contributed by atoms with Gasteiger partial charge in [0.05, 0.1) is 16.7 Å². The Labute approximate surface area is 283 Å². The molecular formula is C46H30N2O. The quantitative estimate of drug-likeness (QED) is 0.190. The maximum atomic E-state index is 6.51. The predicted molar refractivity (Wildman–Crippen MR) is 206 cm³/mol. The third-order valence-corrected chi connectivity index (χ3v) is 9.78. The molecule has 0 amide bonds. The molecule has 230 valence electrons. The summed E-state index contributed by atoms with van der Waals surface area (Å²) in [7, 11) is 0. The molecule has 3 nitrogen and oxygen atoms in total. The highest BCUT2D eigenvalue weighted by Crippen LogP contribution is 2.44. The lowest BCUT2D eigenvalue weighted by atomic mass is 10.0. The Hall–Kier alpha value is -6.58. The van der Waals surface area contributed by atoms with Crippen LogP contribution in [0, 0.1) is 0 Å². The van der Waals surface area contributed by atoms with Gasteiger partial charge in [-0.25, -0.2) is 0 Å². The van der Waals surface area contributed by atoms with E-state index in [0.29, 0.717) is 0 Å². The van der Waals surface area contributed by atoms with Crippen molar-refractivity contribution in [3.8, 4) is 16.8 Å². The normalized spacial score (nSPS) is 11.7. The highest BCUT2D eigenvalue weighted by Gasteiger charge is 2.20. The molecule has 0 radical (unpaired) electrons. The number of hydrogen-bond acceptors (Lipinski definition) is 2. The van der Waals surface area contributed by atoms with Gasteiger partial charge in [-0.3, -0.25) is 0 Å². The van der Waals surface area contributed by atoms with Crippen LogP contribution in [-0.2, 0) is 0 Å². The molecule has 0 bridgehead atoms.